The number of carbonyl (C=O) groups excluding carboxylic acids is 2. The third kappa shape index (κ3) is 7.37. The zero-order valence-corrected chi connectivity index (χ0v) is 20.0. The Morgan fingerprint density at radius 3 is 2.09 bits per heavy atom. The fourth-order valence-corrected chi connectivity index (χ4v) is 3.61. The third-order valence-corrected chi connectivity index (χ3v) is 5.43. The van der Waals surface area contributed by atoms with E-state index >= 15 is 0 Å². The van der Waals surface area contributed by atoms with E-state index in [0.29, 0.717) is 25.1 Å². The first-order chi connectivity index (χ1) is 16.5. The molecular weight excluding hydrogens is 426 g/mol. The van der Waals surface area contributed by atoms with Crippen LogP contribution in [-0.4, -0.2) is 38.1 Å². The first-order valence-electron chi connectivity index (χ1n) is 11.6. The Kier molecular flexibility index (Phi) is 9.09. The molecule has 0 spiro atoms. The number of amides is 2. The number of rotatable bonds is 11. The minimum atomic E-state index is -0.595. The highest BCUT2D eigenvalue weighted by atomic mass is 16.5. The molecule has 0 saturated carbocycles. The van der Waals surface area contributed by atoms with Crippen molar-refractivity contribution in [3.63, 3.8) is 0 Å². The lowest BCUT2D eigenvalue weighted by Gasteiger charge is -2.20. The van der Waals surface area contributed by atoms with E-state index in [2.05, 4.69) is 16.0 Å². The highest BCUT2D eigenvalue weighted by Crippen LogP contribution is 2.19. The fourth-order valence-electron chi connectivity index (χ4n) is 3.61. The fraction of sp³-hybridized carbons (Fsp3) is 0.286. The molecule has 0 saturated heterocycles. The predicted octanol–water partition coefficient (Wildman–Crippen LogP) is 4.74. The molecule has 0 heterocycles. The zero-order valence-electron chi connectivity index (χ0n) is 20.0. The van der Waals surface area contributed by atoms with Gasteiger partial charge in [-0.15, -0.1) is 0 Å². The number of nitrogens with one attached hydrogen (secondary N) is 3. The summed E-state index contributed by atoms with van der Waals surface area (Å²) in [4.78, 5) is 25.7. The van der Waals surface area contributed by atoms with Gasteiger partial charge in [0.2, 0.25) is 5.91 Å². The van der Waals surface area contributed by atoms with E-state index in [0.717, 1.165) is 22.6 Å². The summed E-state index contributed by atoms with van der Waals surface area (Å²) in [5, 5.41) is 9.10. The molecule has 0 aliphatic rings. The molecule has 3 aromatic carbocycles. The molecule has 0 aliphatic heterocycles. The monoisotopic (exact) mass is 459 g/mol. The first kappa shape index (κ1) is 24.8. The summed E-state index contributed by atoms with van der Waals surface area (Å²) in [6, 6.07) is 24.4. The van der Waals surface area contributed by atoms with E-state index in [1.54, 1.807) is 19.2 Å². The highest BCUT2D eigenvalue weighted by Gasteiger charge is 2.22. The van der Waals surface area contributed by atoms with Crippen LogP contribution in [0.1, 0.15) is 30.6 Å². The van der Waals surface area contributed by atoms with Crippen LogP contribution in [0, 0.1) is 5.92 Å². The van der Waals surface area contributed by atoms with Crippen LogP contribution in [-0.2, 0) is 4.79 Å². The van der Waals surface area contributed by atoms with E-state index in [4.69, 9.17) is 4.74 Å². The minimum absolute atomic E-state index is 0.181. The maximum atomic E-state index is 12.8. The van der Waals surface area contributed by atoms with Gasteiger partial charge >= 0.3 is 0 Å². The number of benzene rings is 3. The highest BCUT2D eigenvalue weighted by molar-refractivity contribution is 5.97. The molecule has 0 aliphatic carbocycles. The molecule has 3 rings (SSSR count). The van der Waals surface area contributed by atoms with Crippen LogP contribution >= 0.6 is 0 Å². The van der Waals surface area contributed by atoms with Crippen molar-refractivity contribution in [2.24, 2.45) is 5.92 Å². The molecule has 3 N–H and O–H groups in total. The molecule has 0 radical (unpaired) electrons. The van der Waals surface area contributed by atoms with Crippen LogP contribution in [0.15, 0.2) is 78.9 Å². The lowest BCUT2D eigenvalue weighted by Crippen LogP contribution is -2.48. The molecule has 0 bridgehead atoms. The van der Waals surface area contributed by atoms with Crippen LogP contribution in [0.3, 0.4) is 0 Å². The van der Waals surface area contributed by atoms with Gasteiger partial charge < -0.3 is 20.7 Å². The second kappa shape index (κ2) is 12.4. The van der Waals surface area contributed by atoms with E-state index in [1.807, 2.05) is 80.6 Å². The maximum Gasteiger partial charge on any atom is 0.251 e. The van der Waals surface area contributed by atoms with E-state index in [-0.39, 0.29) is 17.7 Å². The molecule has 178 valence electrons. The van der Waals surface area contributed by atoms with Gasteiger partial charge in [-0.05, 0) is 59.9 Å². The smallest absolute Gasteiger partial charge is 0.251 e. The van der Waals surface area contributed by atoms with Gasteiger partial charge in [0, 0.05) is 24.3 Å². The SMILES string of the molecule is COc1ccc(NCCNC(=O)[C@@H](CC(C)C)NC(=O)c2ccc(-c3ccccc3)cc2)cc1. The number of carbonyl (C=O) groups is 2. The van der Waals surface area contributed by atoms with Crippen LogP contribution in [0.2, 0.25) is 0 Å². The quantitative estimate of drug-likeness (QED) is 0.362. The number of hydrogen-bond acceptors (Lipinski definition) is 4. The van der Waals surface area contributed by atoms with Crippen molar-refractivity contribution in [1.29, 1.82) is 0 Å². The van der Waals surface area contributed by atoms with Crippen LogP contribution < -0.4 is 20.7 Å². The lowest BCUT2D eigenvalue weighted by atomic mass is 10.0. The van der Waals surface area contributed by atoms with Crippen molar-refractivity contribution in [2.45, 2.75) is 26.3 Å². The average molecular weight is 460 g/mol. The molecule has 6 heteroatoms. The van der Waals surface area contributed by atoms with Gasteiger partial charge in [-0.3, -0.25) is 9.59 Å². The molecule has 0 fully saturated rings. The molecule has 34 heavy (non-hydrogen) atoms. The van der Waals surface area contributed by atoms with E-state index in [1.165, 1.54) is 0 Å². The van der Waals surface area contributed by atoms with Crippen molar-refractivity contribution in [3.05, 3.63) is 84.4 Å². The number of hydrogen-bond donors (Lipinski definition) is 3. The summed E-state index contributed by atoms with van der Waals surface area (Å²) in [6.45, 7) is 5.08. The molecule has 0 unspecified atom stereocenters. The Bertz CT molecular complexity index is 1050. The van der Waals surface area contributed by atoms with Crippen LogP contribution in [0.4, 0.5) is 5.69 Å². The van der Waals surface area contributed by atoms with Crippen LogP contribution in [0.5, 0.6) is 5.75 Å². The standard InChI is InChI=1S/C28H33N3O3/c1-20(2)19-26(28(33)30-18-17-29-24-13-15-25(34-3)16-14-24)31-27(32)23-11-9-22(10-12-23)21-7-5-4-6-8-21/h4-16,20,26,29H,17-19H2,1-3H3,(H,30,33)(H,31,32)/t26-/m1/s1. The van der Waals surface area contributed by atoms with Crippen molar-refractivity contribution in [2.75, 3.05) is 25.5 Å². The second-order valence-electron chi connectivity index (χ2n) is 8.55. The normalized spacial score (nSPS) is 11.5. The summed E-state index contributed by atoms with van der Waals surface area (Å²) in [5.74, 6) is 0.617. The Balaban J connectivity index is 1.53. The van der Waals surface area contributed by atoms with Crippen molar-refractivity contribution < 1.29 is 14.3 Å². The van der Waals surface area contributed by atoms with Gasteiger partial charge in [0.25, 0.3) is 5.91 Å². The zero-order chi connectivity index (χ0) is 24.3. The lowest BCUT2D eigenvalue weighted by molar-refractivity contribution is -0.123. The van der Waals surface area contributed by atoms with Gasteiger partial charge in [-0.1, -0.05) is 56.3 Å². The number of methoxy groups -OCH3 is 1. The summed E-state index contributed by atoms with van der Waals surface area (Å²) in [6.07, 6.45) is 0.561. The topological polar surface area (TPSA) is 79.5 Å². The Hall–Kier alpha value is -3.80. The summed E-state index contributed by atoms with van der Waals surface area (Å²) in [7, 11) is 1.63. The first-order valence-corrected chi connectivity index (χ1v) is 11.6. The minimum Gasteiger partial charge on any atom is -0.497 e. The Labute approximate surface area is 201 Å². The third-order valence-electron chi connectivity index (χ3n) is 5.43. The molecule has 3 aromatic rings. The molecule has 0 aromatic heterocycles. The molecule has 2 amide bonds. The maximum absolute atomic E-state index is 12.8. The van der Waals surface area contributed by atoms with Gasteiger partial charge in [0.1, 0.15) is 11.8 Å². The molecule has 6 nitrogen and oxygen atoms in total. The number of anilines is 1. The molecular formula is C28H33N3O3. The summed E-state index contributed by atoms with van der Waals surface area (Å²) in [5.41, 5.74) is 3.61. The summed E-state index contributed by atoms with van der Waals surface area (Å²) < 4.78 is 5.15. The van der Waals surface area contributed by atoms with Gasteiger partial charge in [0.15, 0.2) is 0 Å². The Morgan fingerprint density at radius 1 is 0.824 bits per heavy atom. The van der Waals surface area contributed by atoms with Gasteiger partial charge in [0.05, 0.1) is 7.11 Å². The average Bonchev–Trinajstić information content (AvgIpc) is 2.86. The van der Waals surface area contributed by atoms with E-state index in [9.17, 15) is 9.59 Å². The van der Waals surface area contributed by atoms with Crippen LogP contribution in [0.25, 0.3) is 11.1 Å². The van der Waals surface area contributed by atoms with Crippen molar-refractivity contribution >= 4 is 17.5 Å². The number of ether oxygens (including phenoxy) is 1. The van der Waals surface area contributed by atoms with E-state index < -0.39 is 6.04 Å². The molecule has 1 atom stereocenters. The summed E-state index contributed by atoms with van der Waals surface area (Å²) >= 11 is 0. The predicted molar refractivity (Wildman–Crippen MR) is 137 cm³/mol. The van der Waals surface area contributed by atoms with Gasteiger partial charge in [-0.2, -0.15) is 0 Å². The van der Waals surface area contributed by atoms with Crippen molar-refractivity contribution in [1.82, 2.24) is 10.6 Å². The van der Waals surface area contributed by atoms with Crippen molar-refractivity contribution in [3.8, 4) is 16.9 Å². The largest absolute Gasteiger partial charge is 0.497 e. The Morgan fingerprint density at radius 2 is 1.47 bits per heavy atom. The van der Waals surface area contributed by atoms with Gasteiger partial charge in [-0.25, -0.2) is 0 Å². The second-order valence-corrected chi connectivity index (χ2v) is 8.55.